The molecule has 3 aromatic carbocycles. The third kappa shape index (κ3) is 9.41. The molecular weight excluding hydrogens is 502 g/mol. The van der Waals surface area contributed by atoms with Crippen molar-refractivity contribution in [3.8, 4) is 0 Å². The Morgan fingerprint density at radius 1 is 0.784 bits per heavy atom. The minimum absolute atomic E-state index is 0.294. The summed E-state index contributed by atoms with van der Waals surface area (Å²) in [5, 5.41) is 2.26. The molecule has 0 aliphatic heterocycles. The van der Waals surface area contributed by atoms with Gasteiger partial charge >= 0.3 is 6.09 Å². The Hall–Kier alpha value is -3.03. The molecule has 1 atom stereocenters. The zero-order valence-electron chi connectivity index (χ0n) is 21.6. The van der Waals surface area contributed by atoms with Crippen molar-refractivity contribution in [1.29, 1.82) is 0 Å². The molecule has 1 amide bonds. The van der Waals surface area contributed by atoms with Crippen LogP contribution < -0.4 is 5.32 Å². The van der Waals surface area contributed by atoms with Crippen LogP contribution >= 0.6 is 23.5 Å². The van der Waals surface area contributed by atoms with Crippen LogP contribution in [-0.2, 0) is 25.8 Å². The van der Waals surface area contributed by atoms with E-state index in [-0.39, 0.29) is 10.2 Å². The summed E-state index contributed by atoms with van der Waals surface area (Å²) >= 11 is 2.18. The maximum absolute atomic E-state index is 13.7. The molecule has 3 rings (SSSR count). The first-order valence-corrected chi connectivity index (χ1v) is 14.1. The number of thioether (sulfide) groups is 2. The predicted octanol–water partition coefficient (Wildman–Crippen LogP) is 7.10. The van der Waals surface area contributed by atoms with E-state index in [4.69, 9.17) is 4.74 Å². The summed E-state index contributed by atoms with van der Waals surface area (Å²) in [6.45, 7) is 7.25. The molecule has 0 unspecified atom stereocenters. The number of hydrogen-bond donors (Lipinski definition) is 1. The third-order valence-corrected chi connectivity index (χ3v) is 7.39. The van der Waals surface area contributed by atoms with Gasteiger partial charge in [-0.3, -0.25) is 9.59 Å². The second kappa shape index (κ2) is 13.5. The maximum Gasteiger partial charge on any atom is 0.408 e. The van der Waals surface area contributed by atoms with Crippen LogP contribution in [0.5, 0.6) is 0 Å². The number of benzene rings is 3. The van der Waals surface area contributed by atoms with Gasteiger partial charge in [0.2, 0.25) is 10.2 Å². The van der Waals surface area contributed by atoms with Gasteiger partial charge in [0.25, 0.3) is 0 Å². The number of carbonyl (C=O) groups excluding carboxylic acids is 3. The summed E-state index contributed by atoms with van der Waals surface area (Å²) in [7, 11) is 0. The average molecular weight is 536 g/mol. The van der Waals surface area contributed by atoms with Crippen LogP contribution in [0.2, 0.25) is 0 Å². The highest BCUT2D eigenvalue weighted by Crippen LogP contribution is 2.34. The smallest absolute Gasteiger partial charge is 0.408 e. The third-order valence-electron chi connectivity index (χ3n) is 5.36. The Morgan fingerprint density at radius 2 is 1.30 bits per heavy atom. The van der Waals surface area contributed by atoms with Crippen LogP contribution in [0, 0.1) is 12.8 Å². The fraction of sp³-hybridized carbons (Fsp3) is 0.300. The lowest BCUT2D eigenvalue weighted by Gasteiger charge is -2.28. The zero-order chi connectivity index (χ0) is 26.8. The maximum atomic E-state index is 13.7. The molecule has 37 heavy (non-hydrogen) atoms. The van der Waals surface area contributed by atoms with E-state index < -0.39 is 23.7 Å². The zero-order valence-corrected chi connectivity index (χ0v) is 23.2. The molecule has 0 bridgehead atoms. The molecule has 0 fully saturated rings. The molecule has 0 heterocycles. The highest BCUT2D eigenvalue weighted by atomic mass is 32.2. The van der Waals surface area contributed by atoms with E-state index in [1.807, 2.05) is 91.9 Å². The van der Waals surface area contributed by atoms with Gasteiger partial charge in [-0.15, -0.1) is 0 Å². The van der Waals surface area contributed by atoms with Crippen LogP contribution in [0.15, 0.2) is 84.9 Å². The minimum atomic E-state index is -1.10. The van der Waals surface area contributed by atoms with Crippen LogP contribution in [0.25, 0.3) is 0 Å². The largest absolute Gasteiger partial charge is 0.444 e. The van der Waals surface area contributed by atoms with Gasteiger partial charge in [-0.1, -0.05) is 114 Å². The summed E-state index contributed by atoms with van der Waals surface area (Å²) in [6, 6.07) is 25.9. The lowest BCUT2D eigenvalue weighted by atomic mass is 9.93. The SMILES string of the molecule is Cc1cccc([C@H](NC(=O)OC(C)(C)C)C(C(=O)SCc2ccccc2)C(=O)SCc2ccccc2)c1. The van der Waals surface area contributed by atoms with Crippen molar-refractivity contribution in [2.24, 2.45) is 5.92 Å². The molecule has 0 saturated carbocycles. The van der Waals surface area contributed by atoms with Crippen molar-refractivity contribution in [1.82, 2.24) is 5.32 Å². The number of alkyl carbamates (subject to hydrolysis) is 1. The molecule has 5 nitrogen and oxygen atoms in total. The molecule has 1 N–H and O–H groups in total. The molecule has 0 saturated heterocycles. The van der Waals surface area contributed by atoms with Gasteiger partial charge in [0.15, 0.2) is 0 Å². The fourth-order valence-electron chi connectivity index (χ4n) is 3.66. The Labute approximate surface area is 227 Å². The molecule has 3 aromatic rings. The standard InChI is InChI=1S/C30H33NO4S2/c1-21-12-11-17-24(18-21)26(31-29(34)35-30(2,3)4)25(27(32)36-19-22-13-7-5-8-14-22)28(33)37-20-23-15-9-6-10-16-23/h5-18,25-26H,19-20H2,1-4H3,(H,31,34)/t26-/m0/s1. The van der Waals surface area contributed by atoms with E-state index in [9.17, 15) is 14.4 Å². The topological polar surface area (TPSA) is 72.5 Å². The fourth-order valence-corrected chi connectivity index (χ4v) is 5.59. The number of hydrogen-bond acceptors (Lipinski definition) is 6. The number of carbonyl (C=O) groups is 3. The molecule has 0 radical (unpaired) electrons. The highest BCUT2D eigenvalue weighted by molar-refractivity contribution is 8.15. The van der Waals surface area contributed by atoms with Crippen molar-refractivity contribution in [2.75, 3.05) is 0 Å². The number of amides is 1. The van der Waals surface area contributed by atoms with Crippen molar-refractivity contribution >= 4 is 39.8 Å². The Morgan fingerprint density at radius 3 is 1.76 bits per heavy atom. The molecule has 0 aliphatic carbocycles. The van der Waals surface area contributed by atoms with E-state index in [1.165, 1.54) is 0 Å². The van der Waals surface area contributed by atoms with Crippen molar-refractivity contribution < 1.29 is 19.1 Å². The Balaban J connectivity index is 1.92. The first-order valence-electron chi connectivity index (χ1n) is 12.1. The van der Waals surface area contributed by atoms with Gasteiger partial charge in [0.1, 0.15) is 11.5 Å². The molecule has 194 valence electrons. The monoisotopic (exact) mass is 535 g/mol. The van der Waals surface area contributed by atoms with Crippen LogP contribution in [0.3, 0.4) is 0 Å². The van der Waals surface area contributed by atoms with Crippen LogP contribution in [0.4, 0.5) is 4.79 Å². The predicted molar refractivity (Wildman–Crippen MR) is 152 cm³/mol. The molecule has 0 spiro atoms. The first-order chi connectivity index (χ1) is 17.6. The van der Waals surface area contributed by atoms with Gasteiger partial charge in [0.05, 0.1) is 6.04 Å². The second-order valence-electron chi connectivity index (χ2n) is 9.70. The molecule has 7 heteroatoms. The van der Waals surface area contributed by atoms with Gasteiger partial charge in [-0.05, 0) is 44.4 Å². The van der Waals surface area contributed by atoms with E-state index in [0.29, 0.717) is 17.1 Å². The summed E-state index contributed by atoms with van der Waals surface area (Å²) in [5.74, 6) is -0.240. The van der Waals surface area contributed by atoms with Gasteiger partial charge < -0.3 is 10.1 Å². The Bertz CT molecular complexity index is 1140. The quantitative estimate of drug-likeness (QED) is 0.295. The number of ether oxygens (including phenoxy) is 1. The summed E-state index contributed by atoms with van der Waals surface area (Å²) in [4.78, 5) is 40.2. The first kappa shape index (κ1) is 28.5. The minimum Gasteiger partial charge on any atom is -0.444 e. The summed E-state index contributed by atoms with van der Waals surface area (Å²) < 4.78 is 5.50. The van der Waals surface area contributed by atoms with Crippen LogP contribution in [-0.4, -0.2) is 21.9 Å². The molecule has 0 aliphatic rings. The van der Waals surface area contributed by atoms with Gasteiger partial charge in [-0.25, -0.2) is 4.79 Å². The number of aryl methyl sites for hydroxylation is 1. The lowest BCUT2D eigenvalue weighted by Crippen LogP contribution is -2.41. The van der Waals surface area contributed by atoms with Crippen molar-refractivity contribution in [2.45, 2.75) is 50.8 Å². The summed E-state index contributed by atoms with van der Waals surface area (Å²) in [6.07, 6.45) is -0.675. The Kier molecular flexibility index (Phi) is 10.4. The second-order valence-corrected chi connectivity index (χ2v) is 11.7. The van der Waals surface area contributed by atoms with E-state index in [0.717, 1.165) is 40.2 Å². The highest BCUT2D eigenvalue weighted by Gasteiger charge is 2.38. The lowest BCUT2D eigenvalue weighted by molar-refractivity contribution is -0.124. The number of rotatable bonds is 9. The van der Waals surface area contributed by atoms with Crippen molar-refractivity contribution in [3.05, 3.63) is 107 Å². The summed E-state index contributed by atoms with van der Waals surface area (Å²) in [5.41, 5.74) is 2.88. The van der Waals surface area contributed by atoms with E-state index in [2.05, 4.69) is 5.32 Å². The van der Waals surface area contributed by atoms with Gasteiger partial charge in [-0.2, -0.15) is 0 Å². The van der Waals surface area contributed by atoms with Crippen LogP contribution in [0.1, 0.15) is 49.1 Å². The van der Waals surface area contributed by atoms with Gasteiger partial charge in [0, 0.05) is 11.5 Å². The molecule has 0 aromatic heterocycles. The van der Waals surface area contributed by atoms with E-state index >= 15 is 0 Å². The van der Waals surface area contributed by atoms with E-state index in [1.54, 1.807) is 20.8 Å². The average Bonchev–Trinajstić information content (AvgIpc) is 2.86. The normalized spacial score (nSPS) is 12.1. The van der Waals surface area contributed by atoms with Crippen molar-refractivity contribution in [3.63, 3.8) is 0 Å². The molecular formula is C30H33NO4S2. The number of nitrogens with one attached hydrogen (secondary N) is 1.